The number of hydrogen-bond donors (Lipinski definition) is 2. The minimum atomic E-state index is -0.154. The van der Waals surface area contributed by atoms with E-state index < -0.39 is 0 Å². The fourth-order valence-corrected chi connectivity index (χ4v) is 3.02. The van der Waals surface area contributed by atoms with Gasteiger partial charge in [-0.2, -0.15) is 0 Å². The van der Waals surface area contributed by atoms with Gasteiger partial charge in [0, 0.05) is 23.9 Å². The van der Waals surface area contributed by atoms with Crippen LogP contribution < -0.4 is 10.1 Å². The van der Waals surface area contributed by atoms with E-state index in [4.69, 9.17) is 4.74 Å². The molecule has 0 saturated carbocycles. The second-order valence-electron chi connectivity index (χ2n) is 5.38. The topological polar surface area (TPSA) is 71.5 Å². The Morgan fingerprint density at radius 3 is 2.64 bits per heavy atom. The van der Waals surface area contributed by atoms with Crippen molar-refractivity contribution in [1.29, 1.82) is 0 Å². The lowest BCUT2D eigenvalue weighted by atomic mass is 10.2. The van der Waals surface area contributed by atoms with E-state index in [-0.39, 0.29) is 18.3 Å². The number of hydrogen-bond acceptors (Lipinski definition) is 5. The van der Waals surface area contributed by atoms with Crippen LogP contribution in [0.2, 0.25) is 0 Å². The van der Waals surface area contributed by atoms with Gasteiger partial charge < -0.3 is 15.2 Å². The van der Waals surface area contributed by atoms with Gasteiger partial charge in [-0.25, -0.2) is 4.98 Å². The molecule has 0 fully saturated rings. The van der Waals surface area contributed by atoms with E-state index in [0.717, 1.165) is 16.3 Å². The van der Waals surface area contributed by atoms with Crippen molar-refractivity contribution in [2.45, 2.75) is 6.42 Å². The van der Waals surface area contributed by atoms with Crippen LogP contribution in [0, 0.1) is 0 Å². The van der Waals surface area contributed by atoms with E-state index in [1.807, 2.05) is 47.8 Å². The van der Waals surface area contributed by atoms with Crippen LogP contribution in [0.5, 0.6) is 11.5 Å². The van der Waals surface area contributed by atoms with Crippen molar-refractivity contribution in [3.8, 4) is 22.8 Å². The van der Waals surface area contributed by atoms with Crippen LogP contribution in [0.25, 0.3) is 11.3 Å². The minimum Gasteiger partial charge on any atom is -0.508 e. The molecule has 2 N–H and O–H groups in total. The normalized spacial score (nSPS) is 10.4. The molecule has 0 atom stereocenters. The Balaban J connectivity index is 1.43. The number of para-hydroxylation sites is 1. The number of thiazole rings is 1. The summed E-state index contributed by atoms with van der Waals surface area (Å²) in [6.45, 7) is 0.514. The number of amides is 1. The largest absolute Gasteiger partial charge is 0.508 e. The molecule has 128 valence electrons. The van der Waals surface area contributed by atoms with E-state index in [1.165, 1.54) is 0 Å². The molecule has 0 radical (unpaired) electrons. The predicted octanol–water partition coefficient (Wildman–Crippen LogP) is 3.25. The highest BCUT2D eigenvalue weighted by Crippen LogP contribution is 2.23. The van der Waals surface area contributed by atoms with Crippen molar-refractivity contribution in [1.82, 2.24) is 10.3 Å². The number of aromatic nitrogens is 1. The maximum absolute atomic E-state index is 11.8. The molecular weight excluding hydrogens is 336 g/mol. The quantitative estimate of drug-likeness (QED) is 0.683. The van der Waals surface area contributed by atoms with E-state index in [1.54, 1.807) is 23.5 Å². The zero-order chi connectivity index (χ0) is 17.5. The third-order valence-electron chi connectivity index (χ3n) is 3.49. The predicted molar refractivity (Wildman–Crippen MR) is 97.9 cm³/mol. The second kappa shape index (κ2) is 8.30. The van der Waals surface area contributed by atoms with Crippen molar-refractivity contribution in [3.63, 3.8) is 0 Å². The lowest BCUT2D eigenvalue weighted by molar-refractivity contribution is -0.123. The van der Waals surface area contributed by atoms with E-state index in [9.17, 15) is 9.90 Å². The van der Waals surface area contributed by atoms with Gasteiger partial charge in [0.1, 0.15) is 11.5 Å². The number of carbonyl (C=O) groups excluding carboxylic acids is 1. The van der Waals surface area contributed by atoms with Gasteiger partial charge >= 0.3 is 0 Å². The standard InChI is InChI=1S/C19H18N2O3S/c22-15-8-6-14(7-9-15)17-13-25-19(21-17)10-11-20-18(23)12-24-16-4-2-1-3-5-16/h1-9,13,22H,10-12H2,(H,20,23). The number of ether oxygens (including phenoxy) is 1. The lowest BCUT2D eigenvalue weighted by Crippen LogP contribution is -2.30. The van der Waals surface area contributed by atoms with Gasteiger partial charge in [-0.05, 0) is 36.4 Å². The summed E-state index contributed by atoms with van der Waals surface area (Å²) >= 11 is 1.55. The molecule has 2 aromatic carbocycles. The molecule has 0 spiro atoms. The summed E-state index contributed by atoms with van der Waals surface area (Å²) in [5.41, 5.74) is 1.83. The van der Waals surface area contributed by atoms with Gasteiger partial charge in [0.05, 0.1) is 10.7 Å². The SMILES string of the molecule is O=C(COc1ccccc1)NCCc1nc(-c2ccc(O)cc2)cs1. The van der Waals surface area contributed by atoms with E-state index in [2.05, 4.69) is 10.3 Å². The highest BCUT2D eigenvalue weighted by Gasteiger charge is 2.06. The van der Waals surface area contributed by atoms with Gasteiger partial charge in [0.25, 0.3) is 5.91 Å². The van der Waals surface area contributed by atoms with Crippen molar-refractivity contribution < 1.29 is 14.6 Å². The van der Waals surface area contributed by atoms with E-state index >= 15 is 0 Å². The maximum Gasteiger partial charge on any atom is 0.257 e. The molecule has 25 heavy (non-hydrogen) atoms. The Kier molecular flexibility index (Phi) is 5.64. The van der Waals surface area contributed by atoms with Crippen LogP contribution in [0.4, 0.5) is 0 Å². The van der Waals surface area contributed by atoms with Crippen LogP contribution in [0.3, 0.4) is 0 Å². The second-order valence-corrected chi connectivity index (χ2v) is 6.32. The summed E-state index contributed by atoms with van der Waals surface area (Å²) in [6, 6.07) is 16.2. The molecule has 3 aromatic rings. The average Bonchev–Trinajstić information content (AvgIpc) is 3.10. The molecule has 1 amide bonds. The number of benzene rings is 2. The van der Waals surface area contributed by atoms with Crippen LogP contribution >= 0.6 is 11.3 Å². The molecule has 0 aliphatic heterocycles. The third kappa shape index (κ3) is 5.06. The number of rotatable bonds is 7. The molecule has 0 unspecified atom stereocenters. The van der Waals surface area contributed by atoms with Crippen molar-refractivity contribution in [2.24, 2.45) is 0 Å². The zero-order valence-corrected chi connectivity index (χ0v) is 14.3. The first kappa shape index (κ1) is 17.0. The zero-order valence-electron chi connectivity index (χ0n) is 13.5. The van der Waals surface area contributed by atoms with Gasteiger partial charge in [-0.3, -0.25) is 4.79 Å². The number of nitrogens with one attached hydrogen (secondary N) is 1. The minimum absolute atomic E-state index is 0.000636. The fraction of sp³-hybridized carbons (Fsp3) is 0.158. The molecule has 1 aromatic heterocycles. The molecule has 1 heterocycles. The molecule has 0 aliphatic carbocycles. The summed E-state index contributed by atoms with van der Waals surface area (Å²) in [4.78, 5) is 16.3. The Morgan fingerprint density at radius 1 is 1.12 bits per heavy atom. The Labute approximate surface area is 149 Å². The summed E-state index contributed by atoms with van der Waals surface area (Å²) in [5, 5.41) is 15.1. The van der Waals surface area contributed by atoms with Crippen LogP contribution in [-0.4, -0.2) is 29.1 Å². The molecule has 3 rings (SSSR count). The fourth-order valence-electron chi connectivity index (χ4n) is 2.22. The van der Waals surface area contributed by atoms with E-state index in [0.29, 0.717) is 18.7 Å². The Hall–Kier alpha value is -2.86. The smallest absolute Gasteiger partial charge is 0.257 e. The highest BCUT2D eigenvalue weighted by molar-refractivity contribution is 7.09. The lowest BCUT2D eigenvalue weighted by Gasteiger charge is -2.06. The van der Waals surface area contributed by atoms with Crippen LogP contribution in [-0.2, 0) is 11.2 Å². The Bertz CT molecular complexity index is 816. The van der Waals surface area contributed by atoms with Gasteiger partial charge in [0.2, 0.25) is 0 Å². The van der Waals surface area contributed by atoms with Crippen LogP contribution in [0.15, 0.2) is 60.0 Å². The molecule has 5 nitrogen and oxygen atoms in total. The molecular formula is C19H18N2O3S. The first-order valence-electron chi connectivity index (χ1n) is 7.89. The highest BCUT2D eigenvalue weighted by atomic mass is 32.1. The molecule has 0 saturated heterocycles. The first-order valence-corrected chi connectivity index (χ1v) is 8.77. The van der Waals surface area contributed by atoms with Crippen molar-refractivity contribution in [3.05, 3.63) is 65.0 Å². The number of phenols is 1. The van der Waals surface area contributed by atoms with Gasteiger partial charge in [0.15, 0.2) is 6.61 Å². The third-order valence-corrected chi connectivity index (χ3v) is 4.40. The average molecular weight is 354 g/mol. The van der Waals surface area contributed by atoms with Crippen LogP contribution in [0.1, 0.15) is 5.01 Å². The Morgan fingerprint density at radius 2 is 1.88 bits per heavy atom. The molecule has 0 bridgehead atoms. The number of phenolic OH excluding ortho intramolecular Hbond substituents is 1. The summed E-state index contributed by atoms with van der Waals surface area (Å²) in [7, 11) is 0. The maximum atomic E-state index is 11.8. The monoisotopic (exact) mass is 354 g/mol. The summed E-state index contributed by atoms with van der Waals surface area (Å²) in [5.74, 6) is 0.759. The number of aromatic hydroxyl groups is 1. The summed E-state index contributed by atoms with van der Waals surface area (Å²) < 4.78 is 5.40. The molecule has 6 heteroatoms. The van der Waals surface area contributed by atoms with Crippen molar-refractivity contribution in [2.75, 3.05) is 13.2 Å². The summed E-state index contributed by atoms with van der Waals surface area (Å²) in [6.07, 6.45) is 0.666. The first-order chi connectivity index (χ1) is 12.2. The van der Waals surface area contributed by atoms with Crippen molar-refractivity contribution >= 4 is 17.2 Å². The molecule has 0 aliphatic rings. The van der Waals surface area contributed by atoms with Gasteiger partial charge in [-0.15, -0.1) is 11.3 Å². The number of carbonyl (C=O) groups is 1. The van der Waals surface area contributed by atoms with Gasteiger partial charge in [-0.1, -0.05) is 18.2 Å². The number of nitrogens with zero attached hydrogens (tertiary/aromatic N) is 1.